The molecule has 1 aliphatic heterocycles. The number of anilines is 2. The number of carboxylic acid groups (broad SMARTS) is 1. The Morgan fingerprint density at radius 3 is 2.53 bits per heavy atom. The molecule has 0 fully saturated rings. The molecule has 5 rings (SSSR count). The lowest BCUT2D eigenvalue weighted by Gasteiger charge is -2.16. The van der Waals surface area contributed by atoms with E-state index in [0.717, 1.165) is 27.9 Å². The van der Waals surface area contributed by atoms with Crippen molar-refractivity contribution in [2.75, 3.05) is 19.5 Å². The van der Waals surface area contributed by atoms with Crippen molar-refractivity contribution in [3.05, 3.63) is 94.1 Å². The van der Waals surface area contributed by atoms with E-state index in [2.05, 4.69) is 10.3 Å². The number of halogens is 1. The molecular formula is C27H21ClN4O4. The molecule has 0 bridgehead atoms. The van der Waals surface area contributed by atoms with Crippen molar-refractivity contribution < 1.29 is 19.4 Å². The van der Waals surface area contributed by atoms with Crippen LogP contribution in [0.4, 0.5) is 11.6 Å². The first-order valence-corrected chi connectivity index (χ1v) is 11.4. The maximum absolute atomic E-state index is 11.1. The summed E-state index contributed by atoms with van der Waals surface area (Å²) >= 11 is 6.42. The van der Waals surface area contributed by atoms with Gasteiger partial charge < -0.3 is 19.9 Å². The van der Waals surface area contributed by atoms with E-state index in [1.807, 2.05) is 36.4 Å². The molecule has 0 aliphatic carbocycles. The molecule has 0 unspecified atom stereocenters. The number of ether oxygens (including phenoxy) is 2. The topological polar surface area (TPSA) is 106 Å². The molecule has 0 spiro atoms. The lowest BCUT2D eigenvalue weighted by Crippen LogP contribution is -2.08. The summed E-state index contributed by atoms with van der Waals surface area (Å²) in [6.07, 6.45) is 1.74. The quantitative estimate of drug-likeness (QED) is 0.354. The first-order valence-electron chi connectivity index (χ1n) is 11.0. The highest BCUT2D eigenvalue weighted by Gasteiger charge is 2.24. The molecule has 9 heteroatoms. The number of methoxy groups -OCH3 is 2. The molecule has 0 saturated heterocycles. The number of para-hydroxylation sites is 1. The fourth-order valence-electron chi connectivity index (χ4n) is 4.11. The molecule has 180 valence electrons. The van der Waals surface area contributed by atoms with E-state index in [1.165, 1.54) is 12.1 Å². The predicted octanol–water partition coefficient (Wildman–Crippen LogP) is 5.61. The number of fused-ring (bicyclic) bond motifs is 3. The van der Waals surface area contributed by atoms with E-state index in [-0.39, 0.29) is 5.56 Å². The number of rotatable bonds is 6. The zero-order chi connectivity index (χ0) is 25.2. The summed E-state index contributed by atoms with van der Waals surface area (Å²) in [4.78, 5) is 25.3. The molecule has 0 amide bonds. The summed E-state index contributed by atoms with van der Waals surface area (Å²) in [6, 6.07) is 17.6. The average Bonchev–Trinajstić information content (AvgIpc) is 3.04. The number of hydrogen-bond acceptors (Lipinski definition) is 7. The SMILES string of the molecule is COc1cccc(C2=NCc3cnc(Nc4ccc(C(=O)O)cc4)nc3-c3ccc(Cl)cc32)c1OC. The van der Waals surface area contributed by atoms with Crippen LogP contribution in [0, 0.1) is 0 Å². The summed E-state index contributed by atoms with van der Waals surface area (Å²) in [5.74, 6) is 0.568. The highest BCUT2D eigenvalue weighted by Crippen LogP contribution is 2.38. The molecule has 1 aliphatic rings. The molecule has 0 saturated carbocycles. The van der Waals surface area contributed by atoms with Crippen molar-refractivity contribution in [2.45, 2.75) is 6.54 Å². The molecule has 0 radical (unpaired) electrons. The lowest BCUT2D eigenvalue weighted by molar-refractivity contribution is 0.0697. The zero-order valence-electron chi connectivity index (χ0n) is 19.4. The number of nitrogens with zero attached hydrogens (tertiary/aromatic N) is 3. The number of nitrogens with one attached hydrogen (secondary N) is 1. The molecule has 2 heterocycles. The maximum Gasteiger partial charge on any atom is 0.335 e. The second kappa shape index (κ2) is 9.67. The standard InChI is InChI=1S/C27H21ClN4O4/c1-35-22-5-3-4-20(25(22)36-2)24-21-12-17(28)8-11-19(21)23-16(13-29-24)14-30-27(32-23)31-18-9-6-15(7-10-18)26(33)34/h3-12,14H,13H2,1-2H3,(H,33,34)(H,30,31,32). The molecule has 3 aromatic carbocycles. The number of hydrogen-bond donors (Lipinski definition) is 2. The molecule has 0 atom stereocenters. The van der Waals surface area contributed by atoms with Gasteiger partial charge in [0.25, 0.3) is 0 Å². The van der Waals surface area contributed by atoms with Gasteiger partial charge in [-0.15, -0.1) is 0 Å². The Hall–Kier alpha value is -4.43. The molecule has 4 aromatic rings. The van der Waals surface area contributed by atoms with E-state index >= 15 is 0 Å². The Morgan fingerprint density at radius 2 is 1.81 bits per heavy atom. The minimum absolute atomic E-state index is 0.201. The van der Waals surface area contributed by atoms with Gasteiger partial charge in [0.1, 0.15) is 0 Å². The third kappa shape index (κ3) is 4.34. The van der Waals surface area contributed by atoms with Gasteiger partial charge in [-0.2, -0.15) is 0 Å². The van der Waals surface area contributed by atoms with Crippen LogP contribution in [0.3, 0.4) is 0 Å². The smallest absolute Gasteiger partial charge is 0.335 e. The van der Waals surface area contributed by atoms with Gasteiger partial charge in [0.05, 0.1) is 37.7 Å². The van der Waals surface area contributed by atoms with Crippen LogP contribution in [0.1, 0.15) is 27.0 Å². The van der Waals surface area contributed by atoms with Crippen molar-refractivity contribution in [1.29, 1.82) is 0 Å². The van der Waals surface area contributed by atoms with E-state index in [0.29, 0.717) is 40.4 Å². The van der Waals surface area contributed by atoms with Gasteiger partial charge in [-0.25, -0.2) is 14.8 Å². The number of carbonyl (C=O) groups is 1. The Bertz CT molecular complexity index is 1500. The average molecular weight is 501 g/mol. The minimum Gasteiger partial charge on any atom is -0.493 e. The number of aromatic nitrogens is 2. The fraction of sp³-hybridized carbons (Fsp3) is 0.111. The maximum atomic E-state index is 11.1. The van der Waals surface area contributed by atoms with Gasteiger partial charge in [-0.05, 0) is 48.5 Å². The summed E-state index contributed by atoms with van der Waals surface area (Å²) in [6.45, 7) is 0.352. The van der Waals surface area contributed by atoms with Crippen molar-refractivity contribution >= 4 is 34.9 Å². The van der Waals surface area contributed by atoms with E-state index in [1.54, 1.807) is 32.5 Å². The molecule has 8 nitrogen and oxygen atoms in total. The molecule has 2 N–H and O–H groups in total. The van der Waals surface area contributed by atoms with Crippen LogP contribution in [0.5, 0.6) is 11.5 Å². The van der Waals surface area contributed by atoms with Crippen LogP contribution < -0.4 is 14.8 Å². The van der Waals surface area contributed by atoms with Crippen molar-refractivity contribution in [1.82, 2.24) is 9.97 Å². The van der Waals surface area contributed by atoms with Crippen LogP contribution in [-0.2, 0) is 6.54 Å². The van der Waals surface area contributed by atoms with Gasteiger partial charge in [0.2, 0.25) is 5.95 Å². The Kier molecular flexibility index (Phi) is 6.26. The third-order valence-electron chi connectivity index (χ3n) is 5.81. The van der Waals surface area contributed by atoms with Crippen LogP contribution in [0.15, 0.2) is 71.9 Å². The van der Waals surface area contributed by atoms with E-state index in [9.17, 15) is 4.79 Å². The van der Waals surface area contributed by atoms with Gasteiger partial charge in [0, 0.05) is 39.2 Å². The fourth-order valence-corrected chi connectivity index (χ4v) is 4.29. The monoisotopic (exact) mass is 500 g/mol. The van der Waals surface area contributed by atoms with Gasteiger partial charge in [-0.3, -0.25) is 4.99 Å². The van der Waals surface area contributed by atoms with Crippen molar-refractivity contribution in [3.63, 3.8) is 0 Å². The van der Waals surface area contributed by atoms with Crippen LogP contribution in [0.2, 0.25) is 5.02 Å². The summed E-state index contributed by atoms with van der Waals surface area (Å²) in [7, 11) is 3.19. The van der Waals surface area contributed by atoms with Crippen LogP contribution in [-0.4, -0.2) is 41.0 Å². The van der Waals surface area contributed by atoms with Crippen LogP contribution in [0.25, 0.3) is 11.3 Å². The second-order valence-electron chi connectivity index (χ2n) is 7.97. The summed E-state index contributed by atoms with van der Waals surface area (Å²) < 4.78 is 11.2. The van der Waals surface area contributed by atoms with E-state index in [4.69, 9.17) is 36.2 Å². The first kappa shape index (κ1) is 23.3. The highest BCUT2D eigenvalue weighted by atomic mass is 35.5. The van der Waals surface area contributed by atoms with Gasteiger partial charge in [-0.1, -0.05) is 23.7 Å². The summed E-state index contributed by atoms with van der Waals surface area (Å²) in [5, 5.41) is 12.8. The number of aliphatic imine (C=N–C) groups is 1. The summed E-state index contributed by atoms with van der Waals surface area (Å²) in [5.41, 5.74) is 5.59. The van der Waals surface area contributed by atoms with Gasteiger partial charge >= 0.3 is 5.97 Å². The number of aromatic carboxylic acids is 1. The Morgan fingerprint density at radius 1 is 1.00 bits per heavy atom. The van der Waals surface area contributed by atoms with Gasteiger partial charge in [0.15, 0.2) is 11.5 Å². The Balaban J connectivity index is 1.59. The molecule has 1 aromatic heterocycles. The van der Waals surface area contributed by atoms with Crippen LogP contribution >= 0.6 is 11.6 Å². The first-order chi connectivity index (χ1) is 17.5. The minimum atomic E-state index is -0.985. The van der Waals surface area contributed by atoms with Crippen molar-refractivity contribution in [2.24, 2.45) is 4.99 Å². The largest absolute Gasteiger partial charge is 0.493 e. The number of carboxylic acids is 1. The Labute approximate surface area is 212 Å². The molecule has 36 heavy (non-hydrogen) atoms. The third-order valence-corrected chi connectivity index (χ3v) is 6.05. The second-order valence-corrected chi connectivity index (χ2v) is 8.41. The predicted molar refractivity (Wildman–Crippen MR) is 138 cm³/mol. The highest BCUT2D eigenvalue weighted by molar-refractivity contribution is 6.31. The lowest BCUT2D eigenvalue weighted by atomic mass is 9.94. The van der Waals surface area contributed by atoms with Crippen molar-refractivity contribution in [3.8, 4) is 22.8 Å². The zero-order valence-corrected chi connectivity index (χ0v) is 20.2. The normalized spacial score (nSPS) is 12.0. The van der Waals surface area contributed by atoms with E-state index < -0.39 is 5.97 Å². The molecular weight excluding hydrogens is 480 g/mol. The number of benzene rings is 3.